The molecular formula is C14H23NO3S. The quantitative estimate of drug-likeness (QED) is 0.788. The van der Waals surface area contributed by atoms with Crippen molar-refractivity contribution in [1.82, 2.24) is 4.90 Å². The number of likely N-dealkylation sites (tertiary alicyclic amines) is 1. The molecule has 1 rings (SSSR count). The fourth-order valence-corrected chi connectivity index (χ4v) is 2.82. The monoisotopic (exact) mass is 285 g/mol. The molecule has 108 valence electrons. The standard InChI is InChI=1S/C14H23NO3S/c1-11(2)5-7-14(13(17)18)6-4-8-15(10-14)12(16)9-19-3/h5H,4,6-10H2,1-3H3,(H,17,18)/t14-/m0/s1. The number of thioether (sulfide) groups is 1. The normalized spacial score (nSPS) is 23.0. The van der Waals surface area contributed by atoms with Crippen LogP contribution < -0.4 is 0 Å². The minimum absolute atomic E-state index is 0.0509. The maximum atomic E-state index is 11.9. The van der Waals surface area contributed by atoms with Crippen molar-refractivity contribution in [2.24, 2.45) is 5.41 Å². The van der Waals surface area contributed by atoms with Gasteiger partial charge in [-0.2, -0.15) is 11.8 Å². The van der Waals surface area contributed by atoms with E-state index >= 15 is 0 Å². The molecule has 0 aromatic rings. The predicted molar refractivity (Wildman–Crippen MR) is 78.3 cm³/mol. The van der Waals surface area contributed by atoms with Gasteiger partial charge in [0, 0.05) is 13.1 Å². The van der Waals surface area contributed by atoms with E-state index in [9.17, 15) is 14.7 Å². The minimum atomic E-state index is -0.802. The van der Waals surface area contributed by atoms with Gasteiger partial charge in [0.15, 0.2) is 0 Å². The van der Waals surface area contributed by atoms with Gasteiger partial charge in [-0.15, -0.1) is 0 Å². The number of allylic oxidation sites excluding steroid dienone is 2. The molecule has 1 aliphatic heterocycles. The number of hydrogen-bond donors (Lipinski definition) is 1. The maximum Gasteiger partial charge on any atom is 0.311 e. The van der Waals surface area contributed by atoms with Gasteiger partial charge in [-0.05, 0) is 39.4 Å². The molecule has 5 heteroatoms. The second-order valence-corrected chi connectivity index (χ2v) is 6.29. The summed E-state index contributed by atoms with van der Waals surface area (Å²) in [7, 11) is 0. The first kappa shape index (κ1) is 16.1. The average molecular weight is 285 g/mol. The van der Waals surface area contributed by atoms with E-state index in [1.807, 2.05) is 26.2 Å². The number of piperidine rings is 1. The lowest BCUT2D eigenvalue weighted by molar-refractivity contribution is -0.154. The minimum Gasteiger partial charge on any atom is -0.481 e. The molecule has 1 fully saturated rings. The van der Waals surface area contributed by atoms with E-state index in [1.165, 1.54) is 11.8 Å². The van der Waals surface area contributed by atoms with Crippen LogP contribution in [0, 0.1) is 5.41 Å². The summed E-state index contributed by atoms with van der Waals surface area (Å²) in [5, 5.41) is 9.56. The Bertz CT molecular complexity index is 377. The van der Waals surface area contributed by atoms with E-state index in [-0.39, 0.29) is 5.91 Å². The molecule has 4 nitrogen and oxygen atoms in total. The molecular weight excluding hydrogens is 262 g/mol. The number of aliphatic carboxylic acids is 1. The van der Waals surface area contributed by atoms with Crippen molar-refractivity contribution >= 4 is 23.6 Å². The second kappa shape index (κ2) is 6.98. The third-order valence-corrected chi connectivity index (χ3v) is 4.09. The Morgan fingerprint density at radius 1 is 1.42 bits per heavy atom. The topological polar surface area (TPSA) is 57.6 Å². The van der Waals surface area contributed by atoms with Gasteiger partial charge in [-0.1, -0.05) is 11.6 Å². The highest BCUT2D eigenvalue weighted by Crippen LogP contribution is 2.35. The molecule has 0 aliphatic carbocycles. The van der Waals surface area contributed by atoms with Gasteiger partial charge in [-0.25, -0.2) is 0 Å². The first-order chi connectivity index (χ1) is 8.91. The zero-order valence-electron chi connectivity index (χ0n) is 11.9. The molecule has 1 atom stereocenters. The molecule has 0 aromatic heterocycles. The summed E-state index contributed by atoms with van der Waals surface area (Å²) in [4.78, 5) is 25.3. The van der Waals surface area contributed by atoms with E-state index in [2.05, 4.69) is 0 Å². The molecule has 1 N–H and O–H groups in total. The van der Waals surface area contributed by atoms with E-state index in [0.717, 1.165) is 12.0 Å². The number of carboxylic acid groups (broad SMARTS) is 1. The first-order valence-electron chi connectivity index (χ1n) is 6.55. The lowest BCUT2D eigenvalue weighted by Crippen LogP contribution is -2.50. The largest absolute Gasteiger partial charge is 0.481 e. The summed E-state index contributed by atoms with van der Waals surface area (Å²) in [6.07, 6.45) is 5.78. The van der Waals surface area contributed by atoms with Crippen molar-refractivity contribution in [3.63, 3.8) is 0 Å². The molecule has 0 radical (unpaired) electrons. The average Bonchev–Trinajstić information content (AvgIpc) is 2.36. The molecule has 1 saturated heterocycles. The van der Waals surface area contributed by atoms with E-state index in [4.69, 9.17) is 0 Å². The van der Waals surface area contributed by atoms with Crippen molar-refractivity contribution in [3.8, 4) is 0 Å². The highest BCUT2D eigenvalue weighted by Gasteiger charge is 2.42. The van der Waals surface area contributed by atoms with Crippen LogP contribution in [0.1, 0.15) is 33.1 Å². The van der Waals surface area contributed by atoms with Gasteiger partial charge < -0.3 is 10.0 Å². The van der Waals surface area contributed by atoms with Crippen molar-refractivity contribution in [1.29, 1.82) is 0 Å². The van der Waals surface area contributed by atoms with Gasteiger partial charge in [0.25, 0.3) is 0 Å². The highest BCUT2D eigenvalue weighted by atomic mass is 32.2. The number of rotatable bonds is 5. The number of hydrogen-bond acceptors (Lipinski definition) is 3. The predicted octanol–water partition coefficient (Wildman–Crippen LogP) is 2.40. The lowest BCUT2D eigenvalue weighted by Gasteiger charge is -2.39. The molecule has 1 aliphatic rings. The number of carbonyl (C=O) groups excluding carboxylic acids is 1. The molecule has 0 aromatic carbocycles. The molecule has 0 bridgehead atoms. The van der Waals surface area contributed by atoms with Crippen LogP contribution in [0.15, 0.2) is 11.6 Å². The van der Waals surface area contributed by atoms with Crippen LogP contribution >= 0.6 is 11.8 Å². The first-order valence-corrected chi connectivity index (χ1v) is 7.94. The van der Waals surface area contributed by atoms with Crippen molar-refractivity contribution in [2.45, 2.75) is 33.1 Å². The van der Waals surface area contributed by atoms with Crippen LogP contribution in [-0.4, -0.2) is 47.0 Å². The van der Waals surface area contributed by atoms with Crippen LogP contribution in [0.3, 0.4) is 0 Å². The Labute approximate surface area is 119 Å². The number of amides is 1. The van der Waals surface area contributed by atoms with Crippen molar-refractivity contribution < 1.29 is 14.7 Å². The third kappa shape index (κ3) is 4.27. The summed E-state index contributed by atoms with van der Waals surface area (Å²) in [5.74, 6) is -0.306. The second-order valence-electron chi connectivity index (χ2n) is 5.42. The van der Waals surface area contributed by atoms with Crippen LogP contribution in [0.5, 0.6) is 0 Å². The third-order valence-electron chi connectivity index (χ3n) is 3.55. The van der Waals surface area contributed by atoms with E-state index in [0.29, 0.717) is 31.7 Å². The Balaban J connectivity index is 2.84. The fraction of sp³-hybridized carbons (Fsp3) is 0.714. The van der Waals surface area contributed by atoms with Crippen molar-refractivity contribution in [3.05, 3.63) is 11.6 Å². The molecule has 0 spiro atoms. The lowest BCUT2D eigenvalue weighted by atomic mass is 9.76. The highest BCUT2D eigenvalue weighted by molar-refractivity contribution is 7.99. The molecule has 19 heavy (non-hydrogen) atoms. The zero-order chi connectivity index (χ0) is 14.5. The van der Waals surface area contributed by atoms with Crippen LogP contribution in [0.25, 0.3) is 0 Å². The van der Waals surface area contributed by atoms with Crippen LogP contribution in [0.2, 0.25) is 0 Å². The Hall–Kier alpha value is -0.970. The van der Waals surface area contributed by atoms with Gasteiger partial charge >= 0.3 is 5.97 Å². The summed E-state index contributed by atoms with van der Waals surface area (Å²) in [5.41, 5.74) is 0.317. The van der Waals surface area contributed by atoms with Crippen LogP contribution in [0.4, 0.5) is 0 Å². The Kier molecular flexibility index (Phi) is 5.91. The Morgan fingerprint density at radius 3 is 2.63 bits per heavy atom. The molecule has 0 unspecified atom stereocenters. The summed E-state index contributed by atoms with van der Waals surface area (Å²) < 4.78 is 0. The van der Waals surface area contributed by atoms with E-state index in [1.54, 1.807) is 4.90 Å². The van der Waals surface area contributed by atoms with Crippen LogP contribution in [-0.2, 0) is 9.59 Å². The molecule has 0 saturated carbocycles. The van der Waals surface area contributed by atoms with Gasteiger partial charge in [-0.3, -0.25) is 9.59 Å². The zero-order valence-corrected chi connectivity index (χ0v) is 12.8. The fourth-order valence-electron chi connectivity index (χ4n) is 2.39. The summed E-state index contributed by atoms with van der Waals surface area (Å²) >= 11 is 1.48. The maximum absolute atomic E-state index is 11.9. The number of carbonyl (C=O) groups is 2. The summed E-state index contributed by atoms with van der Waals surface area (Å²) in [6, 6.07) is 0. The van der Waals surface area contributed by atoms with Gasteiger partial charge in [0.05, 0.1) is 11.2 Å². The smallest absolute Gasteiger partial charge is 0.311 e. The SMILES string of the molecule is CSCC(=O)N1CCC[C@@](CC=C(C)C)(C(=O)O)C1. The van der Waals surface area contributed by atoms with Gasteiger partial charge in [0.1, 0.15) is 0 Å². The number of nitrogens with zero attached hydrogens (tertiary/aromatic N) is 1. The number of carboxylic acids is 1. The van der Waals surface area contributed by atoms with Gasteiger partial charge in [0.2, 0.25) is 5.91 Å². The molecule has 1 amide bonds. The molecule has 1 heterocycles. The summed E-state index contributed by atoms with van der Waals surface area (Å²) in [6.45, 7) is 4.96. The van der Waals surface area contributed by atoms with E-state index < -0.39 is 11.4 Å². The van der Waals surface area contributed by atoms with Crippen molar-refractivity contribution in [2.75, 3.05) is 25.1 Å². The Morgan fingerprint density at radius 2 is 2.11 bits per heavy atom.